The first-order chi connectivity index (χ1) is 12.0. The minimum absolute atomic E-state index is 0.356. The Morgan fingerprint density at radius 3 is 2.32 bits per heavy atom. The largest absolute Gasteiger partial charge is 0.394 e. The molecule has 4 atom stereocenters. The highest BCUT2D eigenvalue weighted by Crippen LogP contribution is 2.27. The zero-order valence-corrected chi connectivity index (χ0v) is 14.8. The second-order valence-corrected chi connectivity index (χ2v) is 6.27. The van der Waals surface area contributed by atoms with Crippen LogP contribution in [0.5, 0.6) is 0 Å². The summed E-state index contributed by atoms with van der Waals surface area (Å²) in [5.41, 5.74) is -0.613. The molecule has 1 fully saturated rings. The Balaban J connectivity index is 2.20. The third-order valence-corrected chi connectivity index (χ3v) is 4.35. The van der Waals surface area contributed by atoms with Crippen LogP contribution in [0.4, 0.5) is 5.95 Å². The topological polar surface area (TPSA) is 121 Å². The van der Waals surface area contributed by atoms with Crippen molar-refractivity contribution >= 4 is 5.95 Å². The number of rotatable bonds is 9. The van der Waals surface area contributed by atoms with E-state index >= 15 is 0 Å². The molecule has 0 spiro atoms. The number of anilines is 1. The van der Waals surface area contributed by atoms with Gasteiger partial charge in [-0.2, -0.15) is 4.98 Å². The molecule has 0 bridgehead atoms. The molecule has 142 valence electrons. The van der Waals surface area contributed by atoms with E-state index in [0.717, 1.165) is 43.3 Å². The Bertz CT molecular complexity index is 588. The van der Waals surface area contributed by atoms with Gasteiger partial charge < -0.3 is 25.0 Å². The maximum atomic E-state index is 12.4. The van der Waals surface area contributed by atoms with Gasteiger partial charge in [-0.15, -0.1) is 0 Å². The third kappa shape index (κ3) is 4.55. The van der Waals surface area contributed by atoms with Gasteiger partial charge in [0.25, 0.3) is 0 Å². The van der Waals surface area contributed by atoms with Gasteiger partial charge in [-0.05, 0) is 12.8 Å². The minimum atomic E-state index is -1.33. The third-order valence-electron chi connectivity index (χ3n) is 4.35. The first-order valence-electron chi connectivity index (χ1n) is 8.86. The summed E-state index contributed by atoms with van der Waals surface area (Å²) >= 11 is 0. The lowest BCUT2D eigenvalue weighted by molar-refractivity contribution is -0.0554. The normalized spacial score (nSPS) is 26.1. The van der Waals surface area contributed by atoms with Crippen molar-refractivity contribution in [1.82, 2.24) is 14.5 Å². The fraction of sp³-hybridized carbons (Fsp3) is 0.812. The van der Waals surface area contributed by atoms with Crippen molar-refractivity contribution in [3.05, 3.63) is 16.8 Å². The van der Waals surface area contributed by atoms with Crippen LogP contribution in [0.2, 0.25) is 0 Å². The maximum Gasteiger partial charge on any atom is 0.354 e. The van der Waals surface area contributed by atoms with Crippen LogP contribution < -0.4 is 10.6 Å². The zero-order valence-electron chi connectivity index (χ0n) is 14.8. The second-order valence-electron chi connectivity index (χ2n) is 6.27. The smallest absolute Gasteiger partial charge is 0.354 e. The highest BCUT2D eigenvalue weighted by molar-refractivity contribution is 5.27. The van der Waals surface area contributed by atoms with Gasteiger partial charge in [0.15, 0.2) is 6.23 Å². The Hall–Kier alpha value is -1.55. The molecule has 1 aromatic rings. The van der Waals surface area contributed by atoms with Crippen LogP contribution in [0.3, 0.4) is 0 Å². The van der Waals surface area contributed by atoms with Crippen molar-refractivity contribution in [2.45, 2.75) is 64.1 Å². The van der Waals surface area contributed by atoms with E-state index in [1.165, 1.54) is 6.33 Å². The first kappa shape index (κ1) is 19.8. The van der Waals surface area contributed by atoms with E-state index in [1.807, 2.05) is 4.90 Å². The van der Waals surface area contributed by atoms with E-state index in [4.69, 9.17) is 9.84 Å². The molecular weight excluding hydrogens is 328 g/mol. The lowest BCUT2D eigenvalue weighted by Gasteiger charge is -2.23. The maximum absolute atomic E-state index is 12.4. The molecule has 0 aliphatic carbocycles. The van der Waals surface area contributed by atoms with Crippen LogP contribution in [0.15, 0.2) is 11.1 Å². The molecule has 0 aromatic carbocycles. The summed E-state index contributed by atoms with van der Waals surface area (Å²) in [7, 11) is 0. The molecule has 25 heavy (non-hydrogen) atoms. The summed E-state index contributed by atoms with van der Waals surface area (Å²) in [6, 6.07) is 0. The van der Waals surface area contributed by atoms with Gasteiger partial charge >= 0.3 is 5.69 Å². The van der Waals surface area contributed by atoms with Gasteiger partial charge in [-0.1, -0.05) is 26.7 Å². The van der Waals surface area contributed by atoms with E-state index in [-0.39, 0.29) is 0 Å². The van der Waals surface area contributed by atoms with E-state index < -0.39 is 36.8 Å². The molecule has 0 radical (unpaired) electrons. The number of aromatic nitrogens is 3. The molecule has 2 rings (SSSR count). The van der Waals surface area contributed by atoms with Crippen molar-refractivity contribution in [2.24, 2.45) is 0 Å². The van der Waals surface area contributed by atoms with E-state index in [2.05, 4.69) is 23.8 Å². The predicted molar refractivity (Wildman–Crippen MR) is 91.3 cm³/mol. The molecule has 9 nitrogen and oxygen atoms in total. The minimum Gasteiger partial charge on any atom is -0.394 e. The number of aliphatic hydroxyl groups is 3. The SMILES string of the molecule is CCCCN(CCCC)c1ncn([C@@H]2O[C@H](CO)[C@@H](O)[C@H]2O)c(=O)n1. The second kappa shape index (κ2) is 9.23. The van der Waals surface area contributed by atoms with Gasteiger partial charge in [-0.3, -0.25) is 4.57 Å². The molecule has 0 unspecified atom stereocenters. The predicted octanol–water partition coefficient (Wildman–Crippen LogP) is -0.344. The molecule has 3 N–H and O–H groups in total. The lowest BCUT2D eigenvalue weighted by Crippen LogP contribution is -2.37. The average Bonchev–Trinajstić information content (AvgIpc) is 2.90. The van der Waals surface area contributed by atoms with Gasteiger partial charge in [-0.25, -0.2) is 9.78 Å². The standard InChI is InChI=1S/C16H28N4O5/c1-3-5-7-19(8-6-4-2)15-17-10-20(16(24)18-15)14-13(23)12(22)11(9-21)25-14/h10-14,21-23H,3-9H2,1-2H3/t11-,12-,13-,14-/m1/s1. The molecule has 1 aliphatic rings. The summed E-state index contributed by atoms with van der Waals surface area (Å²) in [6.45, 7) is 5.28. The molecule has 0 amide bonds. The highest BCUT2D eigenvalue weighted by Gasteiger charge is 2.43. The number of hydrogen-bond acceptors (Lipinski definition) is 8. The Morgan fingerprint density at radius 1 is 1.20 bits per heavy atom. The van der Waals surface area contributed by atoms with E-state index in [1.54, 1.807) is 0 Å². The van der Waals surface area contributed by atoms with Crippen molar-refractivity contribution < 1.29 is 20.1 Å². The molecule has 1 aliphatic heterocycles. The van der Waals surface area contributed by atoms with Gasteiger partial charge in [0, 0.05) is 13.1 Å². The number of unbranched alkanes of at least 4 members (excludes halogenated alkanes) is 2. The Kier molecular flexibility index (Phi) is 7.30. The van der Waals surface area contributed by atoms with Crippen LogP contribution in [-0.2, 0) is 4.74 Å². The monoisotopic (exact) mass is 356 g/mol. The number of hydrogen-bond donors (Lipinski definition) is 3. The molecule has 0 saturated carbocycles. The van der Waals surface area contributed by atoms with Crippen LogP contribution in [-0.4, -0.2) is 67.9 Å². The Morgan fingerprint density at radius 2 is 1.84 bits per heavy atom. The van der Waals surface area contributed by atoms with Crippen LogP contribution in [0, 0.1) is 0 Å². The van der Waals surface area contributed by atoms with Crippen LogP contribution in [0.25, 0.3) is 0 Å². The molecular formula is C16H28N4O5. The first-order valence-corrected chi connectivity index (χ1v) is 8.86. The van der Waals surface area contributed by atoms with Crippen LogP contribution >= 0.6 is 0 Å². The zero-order chi connectivity index (χ0) is 18.4. The van der Waals surface area contributed by atoms with Crippen molar-refractivity contribution in [3.8, 4) is 0 Å². The highest BCUT2D eigenvalue weighted by atomic mass is 16.6. The molecule has 1 saturated heterocycles. The number of ether oxygens (including phenoxy) is 1. The van der Waals surface area contributed by atoms with Gasteiger partial charge in [0.1, 0.15) is 24.6 Å². The number of nitrogens with zero attached hydrogens (tertiary/aromatic N) is 4. The number of aliphatic hydroxyl groups excluding tert-OH is 3. The van der Waals surface area contributed by atoms with Crippen molar-refractivity contribution in [3.63, 3.8) is 0 Å². The molecule has 2 heterocycles. The summed E-state index contributed by atoms with van der Waals surface area (Å²) in [6.07, 6.45) is 0.620. The molecule has 9 heteroatoms. The van der Waals surface area contributed by atoms with E-state index in [9.17, 15) is 15.0 Å². The van der Waals surface area contributed by atoms with E-state index in [0.29, 0.717) is 5.95 Å². The van der Waals surface area contributed by atoms with Crippen molar-refractivity contribution in [1.29, 1.82) is 0 Å². The van der Waals surface area contributed by atoms with Crippen LogP contribution in [0.1, 0.15) is 45.8 Å². The summed E-state index contributed by atoms with van der Waals surface area (Å²) in [5.74, 6) is 0.356. The van der Waals surface area contributed by atoms with Gasteiger partial charge in [0.2, 0.25) is 5.95 Å². The summed E-state index contributed by atoms with van der Waals surface area (Å²) < 4.78 is 6.40. The summed E-state index contributed by atoms with van der Waals surface area (Å²) in [4.78, 5) is 22.6. The van der Waals surface area contributed by atoms with Gasteiger partial charge in [0.05, 0.1) is 6.61 Å². The lowest BCUT2D eigenvalue weighted by atomic mass is 10.1. The fourth-order valence-electron chi connectivity index (χ4n) is 2.78. The quantitative estimate of drug-likeness (QED) is 0.549. The fourth-order valence-corrected chi connectivity index (χ4v) is 2.78. The molecule has 1 aromatic heterocycles. The average molecular weight is 356 g/mol. The Labute approximate surface area is 146 Å². The van der Waals surface area contributed by atoms with Crippen molar-refractivity contribution in [2.75, 3.05) is 24.6 Å². The summed E-state index contributed by atoms with van der Waals surface area (Å²) in [5, 5.41) is 29.0.